The summed E-state index contributed by atoms with van der Waals surface area (Å²) in [5.41, 5.74) is 7.98. The Labute approximate surface area is 363 Å². The molecule has 14 aromatic rings. The highest BCUT2D eigenvalue weighted by Crippen LogP contribution is 2.42. The van der Waals surface area contributed by atoms with E-state index in [0.717, 1.165) is 60.5 Å². The fourth-order valence-electron chi connectivity index (χ4n) is 9.80. The fourth-order valence-corrected chi connectivity index (χ4v) is 11.0. The third kappa shape index (κ3) is 5.25. The molecule has 0 bridgehead atoms. The minimum Gasteiger partial charge on any atom is -0.455 e. The highest BCUT2D eigenvalue weighted by Gasteiger charge is 2.19. The molecule has 0 saturated carbocycles. The zero-order valence-electron chi connectivity index (χ0n) is 33.6. The van der Waals surface area contributed by atoms with Gasteiger partial charge in [0.25, 0.3) is 0 Å². The molecular weight excluding hydrogens is 789 g/mol. The quantitative estimate of drug-likeness (QED) is 0.177. The van der Waals surface area contributed by atoms with Gasteiger partial charge in [-0.15, -0.1) is 11.3 Å². The maximum atomic E-state index is 6.60. The molecular formula is C57H32N4OS. The van der Waals surface area contributed by atoms with Crippen molar-refractivity contribution >= 4 is 108 Å². The first-order chi connectivity index (χ1) is 31.2. The average Bonchev–Trinajstić information content (AvgIpc) is 4.02. The van der Waals surface area contributed by atoms with Crippen LogP contribution in [0, 0.1) is 0 Å². The first-order valence-electron chi connectivity index (χ1n) is 21.2. The predicted molar refractivity (Wildman–Crippen MR) is 263 cm³/mol. The Kier molecular flexibility index (Phi) is 7.21. The zero-order chi connectivity index (χ0) is 41.2. The van der Waals surface area contributed by atoms with Crippen LogP contribution in [0.25, 0.3) is 136 Å². The van der Waals surface area contributed by atoms with E-state index >= 15 is 0 Å². The molecule has 5 nitrogen and oxygen atoms in total. The molecule has 0 atom stereocenters. The van der Waals surface area contributed by atoms with Gasteiger partial charge in [-0.2, -0.15) is 0 Å². The molecule has 0 radical (unpaired) electrons. The van der Waals surface area contributed by atoms with E-state index < -0.39 is 0 Å². The lowest BCUT2D eigenvalue weighted by atomic mass is 10.0. The van der Waals surface area contributed by atoms with Crippen molar-refractivity contribution in [3.63, 3.8) is 0 Å². The standard InChI is InChI=1S/C57H32N4OS/c1-2-12-36-29-37(18-17-33(36)9-1)55-58-56(38-20-24-43-46-26-19-35-11-4-6-14-42(35)54(46)62-50(43)30-38)60-57(59-55)39-21-25-44-45-27-23-40(32-52(45)63-51(44)31-39)61-48-16-8-7-15-47(48)53-41-13-5-3-10-34(41)22-28-49(53)61/h1-32H. The number of para-hydroxylation sites is 1. The summed E-state index contributed by atoms with van der Waals surface area (Å²) in [4.78, 5) is 15.5. The number of thiophene rings is 1. The van der Waals surface area contributed by atoms with Gasteiger partial charge >= 0.3 is 0 Å². The number of furan rings is 1. The monoisotopic (exact) mass is 820 g/mol. The number of rotatable bonds is 4. The second-order valence-corrected chi connectivity index (χ2v) is 17.5. The van der Waals surface area contributed by atoms with Crippen molar-refractivity contribution in [2.45, 2.75) is 0 Å². The maximum absolute atomic E-state index is 6.60. The molecule has 0 spiro atoms. The SMILES string of the molecule is c1ccc2cc(-c3nc(-c4ccc5c(c4)oc4c6ccccc6ccc54)nc(-c4ccc5c(c4)sc4cc(-n6c7ccccc7c7c8ccccc8ccc76)ccc45)n3)ccc2c1. The van der Waals surface area contributed by atoms with Crippen molar-refractivity contribution in [3.8, 4) is 39.9 Å². The topological polar surface area (TPSA) is 56.7 Å². The lowest BCUT2D eigenvalue weighted by Gasteiger charge is -2.09. The molecule has 10 aromatic carbocycles. The molecule has 0 fully saturated rings. The Balaban J connectivity index is 0.921. The van der Waals surface area contributed by atoms with E-state index in [-0.39, 0.29) is 0 Å². The molecule has 0 aliphatic rings. The van der Waals surface area contributed by atoms with Crippen molar-refractivity contribution in [2.24, 2.45) is 0 Å². The Bertz CT molecular complexity index is 4230. The van der Waals surface area contributed by atoms with Crippen LogP contribution in [0.15, 0.2) is 199 Å². The Morgan fingerprint density at radius 1 is 0.365 bits per heavy atom. The molecule has 0 saturated heterocycles. The van der Waals surface area contributed by atoms with Crippen molar-refractivity contribution in [3.05, 3.63) is 194 Å². The van der Waals surface area contributed by atoms with Crippen molar-refractivity contribution in [1.29, 1.82) is 0 Å². The summed E-state index contributed by atoms with van der Waals surface area (Å²) in [6, 6.07) is 69.2. The molecule has 4 heterocycles. The van der Waals surface area contributed by atoms with E-state index in [1.54, 1.807) is 11.3 Å². The van der Waals surface area contributed by atoms with Crippen molar-refractivity contribution in [1.82, 2.24) is 19.5 Å². The molecule has 4 aromatic heterocycles. The first-order valence-corrected chi connectivity index (χ1v) is 22.0. The van der Waals surface area contributed by atoms with Gasteiger partial charge in [0, 0.05) is 69.5 Å². The number of aromatic nitrogens is 4. The summed E-state index contributed by atoms with van der Waals surface area (Å²) in [6.07, 6.45) is 0. The molecule has 0 N–H and O–H groups in total. The van der Waals surface area contributed by atoms with Gasteiger partial charge in [-0.1, -0.05) is 140 Å². The number of nitrogens with zero attached hydrogens (tertiary/aromatic N) is 4. The normalized spacial score (nSPS) is 12.1. The van der Waals surface area contributed by atoms with Crippen LogP contribution in [0.3, 0.4) is 0 Å². The smallest absolute Gasteiger partial charge is 0.164 e. The molecule has 0 aliphatic heterocycles. The number of fused-ring (bicyclic) bond motifs is 14. The molecule has 14 rings (SSSR count). The van der Waals surface area contributed by atoms with Crippen LogP contribution in [0.4, 0.5) is 0 Å². The number of benzene rings is 10. The Morgan fingerprint density at radius 2 is 0.921 bits per heavy atom. The molecule has 63 heavy (non-hydrogen) atoms. The summed E-state index contributed by atoms with van der Waals surface area (Å²) in [6.45, 7) is 0. The second kappa shape index (κ2) is 13.2. The predicted octanol–water partition coefficient (Wildman–Crippen LogP) is 15.7. The summed E-state index contributed by atoms with van der Waals surface area (Å²) in [5.74, 6) is 1.84. The first kappa shape index (κ1) is 34.5. The third-order valence-electron chi connectivity index (χ3n) is 12.8. The minimum absolute atomic E-state index is 0.593. The molecule has 0 unspecified atom stereocenters. The van der Waals surface area contributed by atoms with Crippen LogP contribution in [-0.4, -0.2) is 19.5 Å². The van der Waals surface area contributed by atoms with Crippen LogP contribution >= 0.6 is 11.3 Å². The van der Waals surface area contributed by atoms with Crippen LogP contribution in [0.5, 0.6) is 0 Å². The lowest BCUT2D eigenvalue weighted by Crippen LogP contribution is -2.00. The molecule has 6 heteroatoms. The molecule has 0 aliphatic carbocycles. The zero-order valence-corrected chi connectivity index (χ0v) is 34.4. The summed E-state index contributed by atoms with van der Waals surface area (Å²) >= 11 is 1.80. The van der Waals surface area contributed by atoms with E-state index in [0.29, 0.717) is 17.5 Å². The van der Waals surface area contributed by atoms with Crippen LogP contribution < -0.4 is 0 Å². The highest BCUT2D eigenvalue weighted by atomic mass is 32.1. The Hall–Kier alpha value is -8.19. The number of hydrogen-bond acceptors (Lipinski definition) is 5. The third-order valence-corrected chi connectivity index (χ3v) is 13.9. The minimum atomic E-state index is 0.593. The maximum Gasteiger partial charge on any atom is 0.164 e. The van der Waals surface area contributed by atoms with E-state index in [1.807, 2.05) is 0 Å². The van der Waals surface area contributed by atoms with Crippen molar-refractivity contribution < 1.29 is 4.42 Å². The van der Waals surface area contributed by atoms with Crippen LogP contribution in [0.1, 0.15) is 0 Å². The molecule has 292 valence electrons. The van der Waals surface area contributed by atoms with Gasteiger partial charge in [0.05, 0.1) is 11.0 Å². The van der Waals surface area contributed by atoms with Crippen LogP contribution in [-0.2, 0) is 0 Å². The van der Waals surface area contributed by atoms with Gasteiger partial charge in [0.15, 0.2) is 17.5 Å². The number of hydrogen-bond donors (Lipinski definition) is 0. The second-order valence-electron chi connectivity index (χ2n) is 16.4. The Morgan fingerprint density at radius 3 is 1.73 bits per heavy atom. The van der Waals surface area contributed by atoms with Gasteiger partial charge < -0.3 is 8.98 Å². The van der Waals surface area contributed by atoms with E-state index in [1.165, 1.54) is 58.1 Å². The summed E-state index contributed by atoms with van der Waals surface area (Å²) < 4.78 is 11.4. The van der Waals surface area contributed by atoms with Crippen LogP contribution in [0.2, 0.25) is 0 Å². The van der Waals surface area contributed by atoms with E-state index in [2.05, 4.69) is 199 Å². The van der Waals surface area contributed by atoms with E-state index in [9.17, 15) is 0 Å². The van der Waals surface area contributed by atoms with Gasteiger partial charge in [0.2, 0.25) is 0 Å². The summed E-state index contributed by atoms with van der Waals surface area (Å²) in [7, 11) is 0. The van der Waals surface area contributed by atoms with Gasteiger partial charge in [-0.3, -0.25) is 0 Å². The van der Waals surface area contributed by atoms with Gasteiger partial charge in [0.1, 0.15) is 11.2 Å². The highest BCUT2D eigenvalue weighted by molar-refractivity contribution is 7.25. The fraction of sp³-hybridized carbons (Fsp3) is 0. The van der Waals surface area contributed by atoms with Crippen molar-refractivity contribution in [2.75, 3.05) is 0 Å². The largest absolute Gasteiger partial charge is 0.455 e. The lowest BCUT2D eigenvalue weighted by molar-refractivity contribution is 0.673. The molecule has 0 amide bonds. The van der Waals surface area contributed by atoms with Gasteiger partial charge in [-0.25, -0.2) is 15.0 Å². The average molecular weight is 821 g/mol. The van der Waals surface area contributed by atoms with E-state index in [4.69, 9.17) is 19.4 Å². The van der Waals surface area contributed by atoms with Gasteiger partial charge in [-0.05, 0) is 81.5 Å². The summed E-state index contributed by atoms with van der Waals surface area (Å²) in [5, 5.41) is 14.2.